The molecule has 2 heterocycles. The number of fused-ring (bicyclic) bond motifs is 1. The lowest BCUT2D eigenvalue weighted by atomic mass is 10.3. The summed E-state index contributed by atoms with van der Waals surface area (Å²) in [4.78, 5) is 14.5. The van der Waals surface area contributed by atoms with Crippen molar-refractivity contribution >= 4 is 18.0 Å². The average molecular weight is 150 g/mol. The molecule has 1 aliphatic rings. The number of aliphatic imine (C=N–C) groups is 1. The second-order valence-corrected chi connectivity index (χ2v) is 2.33. The lowest BCUT2D eigenvalue weighted by molar-refractivity contribution is -0.138. The third-order valence-electron chi connectivity index (χ3n) is 1.66. The predicted molar refractivity (Wildman–Crippen MR) is 39.3 cm³/mol. The number of aliphatic carboxylic acids is 1. The number of carbonyl (C=O) groups is 1. The van der Waals surface area contributed by atoms with Gasteiger partial charge in [0.15, 0.2) is 6.04 Å². The van der Waals surface area contributed by atoms with Crippen molar-refractivity contribution < 1.29 is 9.90 Å². The third kappa shape index (κ3) is 0.756. The predicted octanol–water partition coefficient (Wildman–Crippen LogP) is 0.830. The van der Waals surface area contributed by atoms with Gasteiger partial charge in [-0.05, 0) is 12.1 Å². The quantitative estimate of drug-likeness (QED) is 0.644. The molecular weight excluding hydrogens is 144 g/mol. The van der Waals surface area contributed by atoms with Crippen LogP contribution in [0.4, 0.5) is 5.82 Å². The van der Waals surface area contributed by atoms with Crippen LogP contribution in [0.15, 0.2) is 23.3 Å². The molecule has 56 valence electrons. The molecule has 11 heavy (non-hydrogen) atoms. The monoisotopic (exact) mass is 150 g/mol. The Morgan fingerprint density at radius 3 is 3.27 bits per heavy atom. The molecule has 0 aromatic carbocycles. The molecule has 0 spiro atoms. The Bertz CT molecular complexity index is 327. The minimum Gasteiger partial charge on any atom is -0.479 e. The molecule has 1 N–H and O–H groups in total. The van der Waals surface area contributed by atoms with E-state index >= 15 is 0 Å². The Hall–Kier alpha value is -1.58. The second kappa shape index (κ2) is 1.95. The summed E-state index contributed by atoms with van der Waals surface area (Å²) in [7, 11) is 0. The molecule has 0 bridgehead atoms. The number of hydrogen-bond donors (Lipinski definition) is 1. The van der Waals surface area contributed by atoms with Gasteiger partial charge in [-0.15, -0.1) is 0 Å². The van der Waals surface area contributed by atoms with E-state index in [0.717, 1.165) is 0 Å². The Balaban J connectivity index is 2.46. The van der Waals surface area contributed by atoms with E-state index in [0.29, 0.717) is 5.82 Å². The van der Waals surface area contributed by atoms with Crippen LogP contribution in [0.2, 0.25) is 0 Å². The molecule has 1 aromatic heterocycles. The summed E-state index contributed by atoms with van der Waals surface area (Å²) < 4.78 is 1.61. The van der Waals surface area contributed by atoms with Crippen molar-refractivity contribution in [2.75, 3.05) is 0 Å². The standard InChI is InChI=1S/C7H6N2O2/c10-7(11)5-4-8-6-2-1-3-9(5)6/h1-5H,(H,10,11). The topological polar surface area (TPSA) is 54.6 Å². The minimum absolute atomic E-state index is 0.611. The van der Waals surface area contributed by atoms with E-state index in [1.807, 2.05) is 0 Å². The molecular formula is C7H6N2O2. The first-order valence-corrected chi connectivity index (χ1v) is 3.23. The number of nitrogens with zero attached hydrogens (tertiary/aromatic N) is 2. The first kappa shape index (κ1) is 6.15. The summed E-state index contributed by atoms with van der Waals surface area (Å²) in [5, 5.41) is 8.67. The molecule has 0 saturated carbocycles. The maximum Gasteiger partial charge on any atom is 0.332 e. The van der Waals surface area contributed by atoms with Crippen LogP contribution in [0.5, 0.6) is 0 Å². The van der Waals surface area contributed by atoms with Gasteiger partial charge < -0.3 is 9.67 Å². The van der Waals surface area contributed by atoms with E-state index in [4.69, 9.17) is 5.11 Å². The first-order chi connectivity index (χ1) is 5.29. The highest BCUT2D eigenvalue weighted by molar-refractivity contribution is 5.94. The maximum absolute atomic E-state index is 10.6. The highest BCUT2D eigenvalue weighted by Gasteiger charge is 2.22. The molecule has 1 unspecified atom stereocenters. The fourth-order valence-electron chi connectivity index (χ4n) is 1.13. The Morgan fingerprint density at radius 1 is 1.73 bits per heavy atom. The zero-order valence-electron chi connectivity index (χ0n) is 5.64. The van der Waals surface area contributed by atoms with Gasteiger partial charge >= 0.3 is 5.97 Å². The second-order valence-electron chi connectivity index (χ2n) is 2.33. The summed E-state index contributed by atoms with van der Waals surface area (Å²) >= 11 is 0. The van der Waals surface area contributed by atoms with Crippen LogP contribution in [0, 0.1) is 0 Å². The number of rotatable bonds is 1. The molecule has 4 nitrogen and oxygen atoms in total. The van der Waals surface area contributed by atoms with Gasteiger partial charge in [0.1, 0.15) is 5.82 Å². The van der Waals surface area contributed by atoms with E-state index in [1.165, 1.54) is 6.21 Å². The molecule has 2 rings (SSSR count). The van der Waals surface area contributed by atoms with E-state index in [2.05, 4.69) is 4.99 Å². The molecule has 4 heteroatoms. The minimum atomic E-state index is -0.872. The summed E-state index contributed by atoms with van der Waals surface area (Å²) in [5.74, 6) is -0.166. The lowest BCUT2D eigenvalue weighted by Crippen LogP contribution is -2.15. The molecule has 1 aliphatic heterocycles. The first-order valence-electron chi connectivity index (χ1n) is 3.23. The van der Waals surface area contributed by atoms with Gasteiger partial charge in [0.25, 0.3) is 0 Å². The molecule has 0 saturated heterocycles. The number of carboxylic acids is 1. The van der Waals surface area contributed by atoms with Gasteiger partial charge in [-0.25, -0.2) is 9.79 Å². The Kier molecular flexibility index (Phi) is 1.09. The molecule has 1 aromatic rings. The van der Waals surface area contributed by atoms with Gasteiger partial charge in [0, 0.05) is 12.4 Å². The fraction of sp³-hybridized carbons (Fsp3) is 0.143. The van der Waals surface area contributed by atoms with Gasteiger partial charge in [0.05, 0.1) is 0 Å². The number of carboxylic acid groups (broad SMARTS) is 1. The third-order valence-corrected chi connectivity index (χ3v) is 1.66. The maximum atomic E-state index is 10.6. The molecule has 1 atom stereocenters. The van der Waals surface area contributed by atoms with Crippen LogP contribution in [0.3, 0.4) is 0 Å². The summed E-state index contributed by atoms with van der Waals surface area (Å²) in [6.45, 7) is 0. The van der Waals surface area contributed by atoms with Crippen LogP contribution >= 0.6 is 0 Å². The van der Waals surface area contributed by atoms with E-state index in [9.17, 15) is 4.79 Å². The SMILES string of the molecule is O=C(O)C1C=Nc2cccn21. The van der Waals surface area contributed by atoms with Gasteiger partial charge in [0.2, 0.25) is 0 Å². The van der Waals surface area contributed by atoms with Crippen molar-refractivity contribution in [2.45, 2.75) is 6.04 Å². The molecule has 0 aliphatic carbocycles. The number of aromatic nitrogens is 1. The highest BCUT2D eigenvalue weighted by atomic mass is 16.4. The van der Waals surface area contributed by atoms with Crippen molar-refractivity contribution in [3.05, 3.63) is 18.3 Å². The van der Waals surface area contributed by atoms with E-state index < -0.39 is 12.0 Å². The normalized spacial score (nSPS) is 20.2. The number of hydrogen-bond acceptors (Lipinski definition) is 2. The molecule has 0 radical (unpaired) electrons. The zero-order chi connectivity index (χ0) is 7.84. The van der Waals surface area contributed by atoms with E-state index in [1.54, 1.807) is 22.9 Å². The van der Waals surface area contributed by atoms with Crippen molar-refractivity contribution in [3.63, 3.8) is 0 Å². The van der Waals surface area contributed by atoms with Gasteiger partial charge in [-0.1, -0.05) is 0 Å². The lowest BCUT2D eigenvalue weighted by Gasteiger charge is -2.03. The van der Waals surface area contributed by atoms with Crippen molar-refractivity contribution in [1.82, 2.24) is 4.57 Å². The Morgan fingerprint density at radius 2 is 2.55 bits per heavy atom. The van der Waals surface area contributed by atoms with Crippen LogP contribution in [-0.4, -0.2) is 21.9 Å². The van der Waals surface area contributed by atoms with Crippen LogP contribution in [0.1, 0.15) is 6.04 Å². The summed E-state index contributed by atoms with van der Waals surface area (Å²) in [5.41, 5.74) is 0. The van der Waals surface area contributed by atoms with Crippen molar-refractivity contribution in [2.24, 2.45) is 4.99 Å². The fourth-order valence-corrected chi connectivity index (χ4v) is 1.13. The molecule has 0 amide bonds. The highest BCUT2D eigenvalue weighted by Crippen LogP contribution is 2.24. The van der Waals surface area contributed by atoms with Gasteiger partial charge in [-0.3, -0.25) is 0 Å². The largest absolute Gasteiger partial charge is 0.479 e. The summed E-state index contributed by atoms with van der Waals surface area (Å²) in [6.07, 6.45) is 3.14. The molecule has 0 fully saturated rings. The summed E-state index contributed by atoms with van der Waals surface area (Å²) in [6, 6.07) is 2.95. The van der Waals surface area contributed by atoms with Crippen LogP contribution < -0.4 is 0 Å². The Labute approximate surface area is 62.8 Å². The van der Waals surface area contributed by atoms with Gasteiger partial charge in [-0.2, -0.15) is 0 Å². The average Bonchev–Trinajstić information content (AvgIpc) is 2.41. The van der Waals surface area contributed by atoms with Crippen molar-refractivity contribution in [1.29, 1.82) is 0 Å². The smallest absolute Gasteiger partial charge is 0.332 e. The van der Waals surface area contributed by atoms with Crippen molar-refractivity contribution in [3.8, 4) is 0 Å². The van der Waals surface area contributed by atoms with Crippen LogP contribution in [0.25, 0.3) is 0 Å². The van der Waals surface area contributed by atoms with E-state index in [-0.39, 0.29) is 0 Å². The zero-order valence-corrected chi connectivity index (χ0v) is 5.64. The van der Waals surface area contributed by atoms with Crippen LogP contribution in [-0.2, 0) is 4.79 Å².